The Balaban J connectivity index is 2.45. The number of nitrogens with zero attached hydrogens (tertiary/aromatic N) is 1. The monoisotopic (exact) mass is 145 g/mol. The lowest BCUT2D eigenvalue weighted by molar-refractivity contribution is 1.11. The molecule has 1 aliphatic heterocycles. The molecule has 0 N–H and O–H groups in total. The number of fused-ring (bicyclic) bond motifs is 1. The Morgan fingerprint density at radius 3 is 3.00 bits per heavy atom. The summed E-state index contributed by atoms with van der Waals surface area (Å²) in [7, 11) is 0. The van der Waals surface area contributed by atoms with Gasteiger partial charge in [0.15, 0.2) is 0 Å². The van der Waals surface area contributed by atoms with Crippen LogP contribution in [-0.4, -0.2) is 5.71 Å². The molecule has 0 saturated heterocycles. The van der Waals surface area contributed by atoms with Crippen molar-refractivity contribution in [3.05, 3.63) is 35.6 Å². The molecule has 56 valence electrons. The summed E-state index contributed by atoms with van der Waals surface area (Å²) in [6, 6.07) is 0. The molecule has 11 heavy (non-hydrogen) atoms. The normalized spacial score (nSPS) is 27.5. The molecule has 0 aromatic carbocycles. The average molecular weight is 145 g/mol. The summed E-state index contributed by atoms with van der Waals surface area (Å²) < 4.78 is 0. The molecule has 1 atom stereocenters. The number of hydrogen-bond donors (Lipinski definition) is 0. The van der Waals surface area contributed by atoms with Crippen LogP contribution in [0, 0.1) is 5.92 Å². The van der Waals surface area contributed by atoms with Gasteiger partial charge in [0.1, 0.15) is 0 Å². The van der Waals surface area contributed by atoms with Crippen LogP contribution in [0.1, 0.15) is 13.8 Å². The van der Waals surface area contributed by atoms with E-state index in [1.54, 1.807) is 0 Å². The Kier molecular flexibility index (Phi) is 1.31. The molecule has 0 amide bonds. The van der Waals surface area contributed by atoms with Gasteiger partial charge >= 0.3 is 0 Å². The van der Waals surface area contributed by atoms with Crippen LogP contribution in [0.3, 0.4) is 0 Å². The maximum Gasteiger partial charge on any atom is 0.0540 e. The number of allylic oxidation sites excluding steroid dienone is 5. The van der Waals surface area contributed by atoms with E-state index in [4.69, 9.17) is 0 Å². The molecule has 0 aromatic rings. The van der Waals surface area contributed by atoms with Crippen LogP contribution < -0.4 is 0 Å². The van der Waals surface area contributed by atoms with E-state index in [0.29, 0.717) is 5.92 Å². The first-order valence-electron chi connectivity index (χ1n) is 3.89. The van der Waals surface area contributed by atoms with Gasteiger partial charge in [-0.05, 0) is 19.4 Å². The summed E-state index contributed by atoms with van der Waals surface area (Å²) in [5, 5.41) is 0. The summed E-state index contributed by atoms with van der Waals surface area (Å²) >= 11 is 0. The van der Waals surface area contributed by atoms with Gasteiger partial charge in [0.05, 0.1) is 5.71 Å². The molecule has 1 heterocycles. The molecule has 0 bridgehead atoms. The summed E-state index contributed by atoms with van der Waals surface area (Å²) in [5.41, 5.74) is 3.87. The van der Waals surface area contributed by atoms with Crippen molar-refractivity contribution in [2.75, 3.05) is 0 Å². The third kappa shape index (κ3) is 0.967. The fraction of sp³-hybridized carbons (Fsp3) is 0.300. The molecular weight excluding hydrogens is 134 g/mol. The van der Waals surface area contributed by atoms with Gasteiger partial charge in [-0.15, -0.1) is 0 Å². The highest BCUT2D eigenvalue weighted by Crippen LogP contribution is 2.24. The lowest BCUT2D eigenvalue weighted by Gasteiger charge is -2.14. The molecule has 1 heteroatoms. The Labute approximate surface area is 66.8 Å². The summed E-state index contributed by atoms with van der Waals surface area (Å²) in [5.74, 6) is 0.458. The third-order valence-electron chi connectivity index (χ3n) is 2.11. The van der Waals surface area contributed by atoms with Gasteiger partial charge in [0.2, 0.25) is 0 Å². The van der Waals surface area contributed by atoms with Gasteiger partial charge in [-0.1, -0.05) is 23.8 Å². The van der Waals surface area contributed by atoms with Crippen molar-refractivity contribution in [1.82, 2.24) is 0 Å². The molecule has 0 saturated carbocycles. The highest BCUT2D eigenvalue weighted by atomic mass is 14.7. The molecule has 2 rings (SSSR count). The van der Waals surface area contributed by atoms with Crippen LogP contribution in [0.4, 0.5) is 0 Å². The summed E-state index contributed by atoms with van der Waals surface area (Å²) in [6.45, 7) is 4.25. The molecule has 0 aromatic heterocycles. The number of rotatable bonds is 0. The molecule has 0 unspecified atom stereocenters. The van der Waals surface area contributed by atoms with E-state index in [1.807, 2.05) is 6.20 Å². The number of aliphatic imine (C=N–C) groups is 1. The molecular formula is C10H11N. The van der Waals surface area contributed by atoms with E-state index in [0.717, 1.165) is 0 Å². The van der Waals surface area contributed by atoms with E-state index < -0.39 is 0 Å². The molecule has 1 nitrogen and oxygen atoms in total. The predicted octanol–water partition coefficient (Wildman–Crippen LogP) is 2.48. The van der Waals surface area contributed by atoms with Crippen molar-refractivity contribution >= 4 is 5.71 Å². The topological polar surface area (TPSA) is 12.4 Å². The van der Waals surface area contributed by atoms with Crippen molar-refractivity contribution < 1.29 is 0 Å². The highest BCUT2D eigenvalue weighted by Gasteiger charge is 2.18. The van der Waals surface area contributed by atoms with Crippen LogP contribution in [0.15, 0.2) is 40.6 Å². The Morgan fingerprint density at radius 2 is 2.18 bits per heavy atom. The molecule has 0 fully saturated rings. The zero-order chi connectivity index (χ0) is 7.84. The van der Waals surface area contributed by atoms with E-state index in [9.17, 15) is 0 Å². The van der Waals surface area contributed by atoms with Gasteiger partial charge in [-0.2, -0.15) is 0 Å². The van der Waals surface area contributed by atoms with Crippen molar-refractivity contribution in [1.29, 1.82) is 0 Å². The van der Waals surface area contributed by atoms with Gasteiger partial charge in [-0.3, -0.25) is 4.99 Å². The van der Waals surface area contributed by atoms with Crippen molar-refractivity contribution in [2.45, 2.75) is 13.8 Å². The van der Waals surface area contributed by atoms with Crippen LogP contribution in [-0.2, 0) is 0 Å². The fourth-order valence-electron chi connectivity index (χ4n) is 1.64. The fourth-order valence-corrected chi connectivity index (χ4v) is 1.64. The van der Waals surface area contributed by atoms with E-state index in [2.05, 4.69) is 37.1 Å². The first kappa shape index (κ1) is 6.59. The minimum absolute atomic E-state index is 0.458. The molecule has 2 aliphatic rings. The maximum atomic E-state index is 4.30. The Morgan fingerprint density at radius 1 is 1.36 bits per heavy atom. The second-order valence-corrected chi connectivity index (χ2v) is 3.12. The number of hydrogen-bond acceptors (Lipinski definition) is 1. The lowest BCUT2D eigenvalue weighted by atomic mass is 9.91. The molecule has 0 spiro atoms. The molecule has 1 aliphatic carbocycles. The van der Waals surface area contributed by atoms with E-state index >= 15 is 0 Å². The van der Waals surface area contributed by atoms with Gasteiger partial charge in [0.25, 0.3) is 0 Å². The summed E-state index contributed by atoms with van der Waals surface area (Å²) in [4.78, 5) is 4.30. The van der Waals surface area contributed by atoms with Crippen molar-refractivity contribution in [3.8, 4) is 0 Å². The van der Waals surface area contributed by atoms with Gasteiger partial charge < -0.3 is 0 Å². The second-order valence-electron chi connectivity index (χ2n) is 3.12. The zero-order valence-corrected chi connectivity index (χ0v) is 6.83. The second kappa shape index (κ2) is 2.19. The Bertz CT molecular complexity index is 303. The average Bonchev–Trinajstić information content (AvgIpc) is 2.34. The van der Waals surface area contributed by atoms with Crippen LogP contribution >= 0.6 is 0 Å². The molecule has 0 radical (unpaired) electrons. The van der Waals surface area contributed by atoms with Crippen LogP contribution in [0.2, 0.25) is 0 Å². The third-order valence-corrected chi connectivity index (χ3v) is 2.11. The standard InChI is InChI=1S/C10H11N/c1-7-5-8(2)10-9(6-7)3-4-11-10/h3-6,9H,1-2H3/t9-/m0/s1. The van der Waals surface area contributed by atoms with Crippen LogP contribution in [0.5, 0.6) is 0 Å². The van der Waals surface area contributed by atoms with Gasteiger partial charge in [-0.25, -0.2) is 0 Å². The SMILES string of the molecule is CC1=C[C@@H]2C=CN=C2C(C)=C1. The minimum atomic E-state index is 0.458. The van der Waals surface area contributed by atoms with Crippen molar-refractivity contribution in [3.63, 3.8) is 0 Å². The van der Waals surface area contributed by atoms with Crippen molar-refractivity contribution in [2.24, 2.45) is 10.9 Å². The predicted molar refractivity (Wildman–Crippen MR) is 47.6 cm³/mol. The highest BCUT2D eigenvalue weighted by molar-refractivity contribution is 6.06. The lowest BCUT2D eigenvalue weighted by Crippen LogP contribution is -2.12. The summed E-state index contributed by atoms with van der Waals surface area (Å²) in [6.07, 6.45) is 8.46. The van der Waals surface area contributed by atoms with Crippen LogP contribution in [0.25, 0.3) is 0 Å². The smallest absolute Gasteiger partial charge is 0.0540 e. The minimum Gasteiger partial charge on any atom is -0.260 e. The zero-order valence-electron chi connectivity index (χ0n) is 6.83. The quantitative estimate of drug-likeness (QED) is 0.496. The van der Waals surface area contributed by atoms with E-state index in [1.165, 1.54) is 16.9 Å². The first-order valence-corrected chi connectivity index (χ1v) is 3.89. The Hall–Kier alpha value is -1.11. The van der Waals surface area contributed by atoms with Gasteiger partial charge in [0, 0.05) is 12.1 Å². The van der Waals surface area contributed by atoms with E-state index in [-0.39, 0.29) is 0 Å². The maximum absolute atomic E-state index is 4.30. The largest absolute Gasteiger partial charge is 0.260 e. The first-order chi connectivity index (χ1) is 5.27.